The molecule has 3 aromatic rings. The average Bonchev–Trinajstić information content (AvgIpc) is 3.59. The van der Waals surface area contributed by atoms with Crippen molar-refractivity contribution in [3.05, 3.63) is 59.0 Å². The lowest BCUT2D eigenvalue weighted by Gasteiger charge is -2.36. The van der Waals surface area contributed by atoms with E-state index in [1.165, 1.54) is 18.1 Å². The molecule has 2 fully saturated rings. The molecule has 0 radical (unpaired) electrons. The van der Waals surface area contributed by atoms with E-state index in [0.717, 1.165) is 86.7 Å². The first-order chi connectivity index (χ1) is 18.6. The van der Waals surface area contributed by atoms with Crippen molar-refractivity contribution < 1.29 is 9.18 Å². The van der Waals surface area contributed by atoms with Crippen molar-refractivity contribution in [3.8, 4) is 11.3 Å². The molecule has 0 bridgehead atoms. The smallest absolute Gasteiger partial charge is 0.286 e. The van der Waals surface area contributed by atoms with Crippen molar-refractivity contribution in [2.45, 2.75) is 26.2 Å². The number of aromatic nitrogens is 2. The SMILES string of the molecule is CCCN1CCN(c2ccc(-c3ncnc4ccc(C=C5SC(N6CCCC6)=NC5=O)cc34)cc2F)CC1. The van der Waals surface area contributed by atoms with E-state index in [0.29, 0.717) is 21.8 Å². The van der Waals surface area contributed by atoms with Crippen LogP contribution in [0.25, 0.3) is 28.2 Å². The van der Waals surface area contributed by atoms with Crippen LogP contribution in [-0.4, -0.2) is 76.7 Å². The maximum absolute atomic E-state index is 15.4. The molecule has 0 saturated carbocycles. The average molecular weight is 531 g/mol. The molecule has 0 N–H and O–H groups in total. The summed E-state index contributed by atoms with van der Waals surface area (Å²) in [4.78, 5) is 33.1. The summed E-state index contributed by atoms with van der Waals surface area (Å²) in [5.41, 5.74) is 3.66. The van der Waals surface area contributed by atoms with E-state index in [4.69, 9.17) is 0 Å². The third kappa shape index (κ3) is 5.05. The number of benzene rings is 2. The number of halogens is 1. The van der Waals surface area contributed by atoms with Crippen molar-refractivity contribution in [3.63, 3.8) is 0 Å². The molecular formula is C29H31FN6OS. The quantitative estimate of drug-likeness (QED) is 0.429. The Morgan fingerprint density at radius 2 is 1.79 bits per heavy atom. The zero-order valence-corrected chi connectivity index (χ0v) is 22.4. The number of amides is 1. The molecule has 0 unspecified atom stereocenters. The lowest BCUT2D eigenvalue weighted by atomic mass is 10.0. The minimum atomic E-state index is -0.240. The first-order valence-electron chi connectivity index (χ1n) is 13.4. The number of carbonyl (C=O) groups excluding carboxylic acids is 1. The summed E-state index contributed by atoms with van der Waals surface area (Å²) in [7, 11) is 0. The van der Waals surface area contributed by atoms with Crippen LogP contribution >= 0.6 is 11.8 Å². The molecule has 2 aromatic carbocycles. The number of rotatable bonds is 5. The molecule has 6 rings (SSSR count). The summed E-state index contributed by atoms with van der Waals surface area (Å²) in [6, 6.07) is 11.2. The van der Waals surface area contributed by atoms with Gasteiger partial charge in [-0.3, -0.25) is 9.69 Å². The Labute approximate surface area is 226 Å². The van der Waals surface area contributed by atoms with E-state index in [-0.39, 0.29) is 11.7 Å². The van der Waals surface area contributed by atoms with E-state index in [2.05, 4.69) is 36.6 Å². The van der Waals surface area contributed by atoms with Gasteiger partial charge in [-0.15, -0.1) is 0 Å². The minimum Gasteiger partial charge on any atom is -0.367 e. The largest absolute Gasteiger partial charge is 0.367 e. The molecule has 2 saturated heterocycles. The predicted octanol–water partition coefficient (Wildman–Crippen LogP) is 5.03. The Morgan fingerprint density at radius 3 is 2.55 bits per heavy atom. The van der Waals surface area contributed by atoms with E-state index in [1.54, 1.807) is 6.07 Å². The standard InChI is InChI=1S/C29H31FN6OS/c1-2-9-34-12-14-35(15-13-34)25-8-6-21(18-23(25)30)27-22-16-20(5-7-24(22)31-19-32-27)17-26-28(37)33-29(38-26)36-10-3-4-11-36/h5-8,16-19H,2-4,9-15H2,1H3. The van der Waals surface area contributed by atoms with Crippen molar-refractivity contribution in [2.24, 2.45) is 4.99 Å². The van der Waals surface area contributed by atoms with E-state index in [1.807, 2.05) is 36.4 Å². The van der Waals surface area contributed by atoms with Crippen LogP contribution < -0.4 is 4.90 Å². The highest BCUT2D eigenvalue weighted by molar-refractivity contribution is 8.18. The van der Waals surface area contributed by atoms with Gasteiger partial charge >= 0.3 is 0 Å². The fourth-order valence-corrected chi connectivity index (χ4v) is 6.39. The van der Waals surface area contributed by atoms with Gasteiger partial charge in [0, 0.05) is 50.2 Å². The highest BCUT2D eigenvalue weighted by Gasteiger charge is 2.27. The second kappa shape index (κ2) is 10.8. The van der Waals surface area contributed by atoms with E-state index < -0.39 is 0 Å². The monoisotopic (exact) mass is 530 g/mol. The third-order valence-electron chi connectivity index (χ3n) is 7.42. The molecule has 0 aliphatic carbocycles. The third-order valence-corrected chi connectivity index (χ3v) is 8.46. The van der Waals surface area contributed by atoms with Crippen LogP contribution in [0.1, 0.15) is 31.7 Å². The van der Waals surface area contributed by atoms with Gasteiger partial charge in [0.25, 0.3) is 5.91 Å². The summed E-state index contributed by atoms with van der Waals surface area (Å²) < 4.78 is 15.4. The zero-order valence-electron chi connectivity index (χ0n) is 21.6. The van der Waals surface area contributed by atoms with Crippen LogP contribution in [0.5, 0.6) is 0 Å². The van der Waals surface area contributed by atoms with Gasteiger partial charge in [0.05, 0.1) is 21.8 Å². The van der Waals surface area contributed by atoms with Crippen LogP contribution in [0.4, 0.5) is 10.1 Å². The van der Waals surface area contributed by atoms with Gasteiger partial charge in [-0.25, -0.2) is 14.4 Å². The van der Waals surface area contributed by atoms with Gasteiger partial charge in [-0.2, -0.15) is 4.99 Å². The minimum absolute atomic E-state index is 0.199. The lowest BCUT2D eigenvalue weighted by Crippen LogP contribution is -2.46. The summed E-state index contributed by atoms with van der Waals surface area (Å²) in [6.07, 6.45) is 6.80. The first-order valence-corrected chi connectivity index (χ1v) is 14.2. The highest BCUT2D eigenvalue weighted by atomic mass is 32.2. The zero-order chi connectivity index (χ0) is 26.1. The van der Waals surface area contributed by atoms with Gasteiger partial charge in [0.2, 0.25) is 0 Å². The second-order valence-corrected chi connectivity index (χ2v) is 11.0. The Bertz CT molecular complexity index is 1430. The molecule has 0 atom stereocenters. The molecule has 3 aliphatic rings. The molecule has 4 heterocycles. The molecule has 7 nitrogen and oxygen atoms in total. The molecule has 1 aromatic heterocycles. The van der Waals surface area contributed by atoms with Gasteiger partial charge < -0.3 is 9.80 Å². The number of nitrogens with zero attached hydrogens (tertiary/aromatic N) is 6. The van der Waals surface area contributed by atoms with Crippen molar-refractivity contribution in [1.29, 1.82) is 0 Å². The van der Waals surface area contributed by atoms with E-state index >= 15 is 4.39 Å². The Morgan fingerprint density at radius 1 is 0.974 bits per heavy atom. The van der Waals surface area contributed by atoms with Gasteiger partial charge in [0.15, 0.2) is 5.17 Å². The maximum Gasteiger partial charge on any atom is 0.286 e. The first kappa shape index (κ1) is 25.0. The lowest BCUT2D eigenvalue weighted by molar-refractivity contribution is -0.113. The second-order valence-electron chi connectivity index (χ2n) is 10.00. The normalized spacial score (nSPS) is 19.7. The van der Waals surface area contributed by atoms with Gasteiger partial charge in [-0.05, 0) is 73.5 Å². The topological polar surface area (TPSA) is 64.9 Å². The summed E-state index contributed by atoms with van der Waals surface area (Å²) in [5.74, 6) is -0.439. The molecule has 3 aliphatic heterocycles. The molecule has 1 amide bonds. The van der Waals surface area contributed by atoms with Crippen molar-refractivity contribution in [1.82, 2.24) is 19.8 Å². The van der Waals surface area contributed by atoms with Crippen molar-refractivity contribution in [2.75, 3.05) is 50.7 Å². The summed E-state index contributed by atoms with van der Waals surface area (Å²) in [5, 5.41) is 1.62. The number of aliphatic imine (C=N–C) groups is 1. The van der Waals surface area contributed by atoms with Gasteiger partial charge in [-0.1, -0.05) is 19.1 Å². The maximum atomic E-state index is 15.4. The predicted molar refractivity (Wildman–Crippen MR) is 153 cm³/mol. The summed E-state index contributed by atoms with van der Waals surface area (Å²) in [6.45, 7) is 8.74. The van der Waals surface area contributed by atoms with Crippen molar-refractivity contribution >= 4 is 45.5 Å². The molecule has 0 spiro atoms. The number of anilines is 1. The molecule has 196 valence electrons. The Balaban J connectivity index is 1.26. The summed E-state index contributed by atoms with van der Waals surface area (Å²) >= 11 is 1.44. The molecule has 38 heavy (non-hydrogen) atoms. The number of fused-ring (bicyclic) bond motifs is 1. The van der Waals surface area contributed by atoms with Crippen LogP contribution in [0.15, 0.2) is 52.6 Å². The van der Waals surface area contributed by atoms with Crippen LogP contribution in [0.3, 0.4) is 0 Å². The number of carbonyl (C=O) groups is 1. The van der Waals surface area contributed by atoms with Gasteiger partial charge in [0.1, 0.15) is 12.1 Å². The number of amidine groups is 1. The highest BCUT2D eigenvalue weighted by Crippen LogP contribution is 2.34. The number of hydrogen-bond donors (Lipinski definition) is 0. The van der Waals surface area contributed by atoms with Crippen LogP contribution in [0.2, 0.25) is 0 Å². The Kier molecular flexibility index (Phi) is 7.12. The number of thioether (sulfide) groups is 1. The number of piperazine rings is 1. The molecule has 9 heteroatoms. The molecular weight excluding hydrogens is 499 g/mol. The fourth-order valence-electron chi connectivity index (χ4n) is 5.43. The Hall–Kier alpha value is -3.30. The van der Waals surface area contributed by atoms with Crippen LogP contribution in [-0.2, 0) is 4.79 Å². The fraction of sp³-hybridized carbons (Fsp3) is 0.379. The number of likely N-dealkylation sites (tertiary alicyclic amines) is 1. The van der Waals surface area contributed by atoms with E-state index in [9.17, 15) is 4.79 Å². The number of hydrogen-bond acceptors (Lipinski definition) is 7. The van der Waals surface area contributed by atoms with Crippen LogP contribution in [0, 0.1) is 5.82 Å².